The predicted molar refractivity (Wildman–Crippen MR) is 90.9 cm³/mol. The van der Waals surface area contributed by atoms with Crippen LogP contribution in [-0.2, 0) is 16.1 Å². The monoisotopic (exact) mass is 362 g/mol. The summed E-state index contributed by atoms with van der Waals surface area (Å²) in [7, 11) is 0. The highest BCUT2D eigenvalue weighted by molar-refractivity contribution is 7.14. The van der Waals surface area contributed by atoms with E-state index < -0.39 is 17.9 Å². The van der Waals surface area contributed by atoms with Crippen LogP contribution in [0.4, 0.5) is 0 Å². The smallest absolute Gasteiger partial charge is 0.328 e. The number of ether oxygens (including phenoxy) is 1. The van der Waals surface area contributed by atoms with E-state index in [1.807, 2.05) is 22.2 Å². The van der Waals surface area contributed by atoms with Crippen molar-refractivity contribution in [1.82, 2.24) is 10.3 Å². The van der Waals surface area contributed by atoms with Crippen LogP contribution in [0.25, 0.3) is 10.6 Å². The van der Waals surface area contributed by atoms with E-state index in [1.54, 1.807) is 24.3 Å². The molecule has 0 bridgehead atoms. The number of aromatic nitrogens is 1. The molecule has 3 rings (SSSR count). The van der Waals surface area contributed by atoms with Crippen molar-refractivity contribution < 1.29 is 18.7 Å². The first-order valence-electron chi connectivity index (χ1n) is 7.11. The fourth-order valence-corrected chi connectivity index (χ4v) is 3.41. The van der Waals surface area contributed by atoms with Crippen molar-refractivity contribution in [1.29, 1.82) is 0 Å². The number of nitrogens with zero attached hydrogens (tertiary/aromatic N) is 1. The number of hydrogen-bond donors (Lipinski definition) is 1. The minimum atomic E-state index is -0.780. The summed E-state index contributed by atoms with van der Waals surface area (Å²) < 4.78 is 10.2. The highest BCUT2D eigenvalue weighted by atomic mass is 32.1. The Morgan fingerprint density at radius 3 is 2.96 bits per heavy atom. The molecule has 1 amide bonds. The van der Waals surface area contributed by atoms with E-state index >= 15 is 0 Å². The molecule has 0 saturated carbocycles. The van der Waals surface area contributed by atoms with E-state index in [-0.39, 0.29) is 12.4 Å². The van der Waals surface area contributed by atoms with Crippen LogP contribution in [0.15, 0.2) is 45.0 Å². The molecule has 0 unspecified atom stereocenters. The molecule has 0 aliphatic heterocycles. The van der Waals surface area contributed by atoms with Crippen LogP contribution in [-0.4, -0.2) is 22.9 Å². The summed E-state index contributed by atoms with van der Waals surface area (Å²) in [6.45, 7) is 1.63. The number of thiophene rings is 1. The number of rotatable bonds is 6. The van der Waals surface area contributed by atoms with E-state index in [4.69, 9.17) is 9.15 Å². The number of carbonyl (C=O) groups is 2. The van der Waals surface area contributed by atoms with Gasteiger partial charge in [0.25, 0.3) is 5.91 Å². The normalized spacial score (nSPS) is 11.9. The topological polar surface area (TPSA) is 81.4 Å². The van der Waals surface area contributed by atoms with Crippen molar-refractivity contribution in [3.63, 3.8) is 0 Å². The Morgan fingerprint density at radius 2 is 2.25 bits per heavy atom. The fourth-order valence-electron chi connectivity index (χ4n) is 1.90. The van der Waals surface area contributed by atoms with Gasteiger partial charge >= 0.3 is 5.97 Å². The van der Waals surface area contributed by atoms with E-state index in [9.17, 15) is 9.59 Å². The molecule has 3 aromatic heterocycles. The second-order valence-corrected chi connectivity index (χ2v) is 6.57. The minimum Gasteiger partial charge on any atom is -0.459 e. The summed E-state index contributed by atoms with van der Waals surface area (Å²) in [6, 6.07) is 4.34. The fraction of sp³-hybridized carbons (Fsp3) is 0.188. The maximum Gasteiger partial charge on any atom is 0.328 e. The van der Waals surface area contributed by atoms with Gasteiger partial charge in [0.1, 0.15) is 17.7 Å². The van der Waals surface area contributed by atoms with Crippen LogP contribution in [0.2, 0.25) is 0 Å². The molecule has 24 heavy (non-hydrogen) atoms. The lowest BCUT2D eigenvalue weighted by molar-refractivity contribution is -0.146. The summed E-state index contributed by atoms with van der Waals surface area (Å²) >= 11 is 3.10. The molecule has 0 spiro atoms. The average molecular weight is 362 g/mol. The number of amides is 1. The lowest BCUT2D eigenvalue weighted by Gasteiger charge is -2.11. The van der Waals surface area contributed by atoms with Gasteiger partial charge in [0.05, 0.1) is 12.0 Å². The molecular formula is C16H14N2O4S2. The molecule has 0 fully saturated rings. The quantitative estimate of drug-likeness (QED) is 0.680. The second-order valence-electron chi connectivity index (χ2n) is 4.94. The third-order valence-electron chi connectivity index (χ3n) is 3.13. The molecule has 3 aromatic rings. The van der Waals surface area contributed by atoms with Gasteiger partial charge in [0, 0.05) is 16.3 Å². The first kappa shape index (κ1) is 16.4. The first-order chi connectivity index (χ1) is 11.6. The molecule has 124 valence electrons. The van der Waals surface area contributed by atoms with E-state index in [2.05, 4.69) is 10.3 Å². The summed E-state index contributed by atoms with van der Waals surface area (Å²) in [5.41, 5.74) is 1.74. The largest absolute Gasteiger partial charge is 0.459 e. The van der Waals surface area contributed by atoms with Crippen LogP contribution in [0.3, 0.4) is 0 Å². The van der Waals surface area contributed by atoms with Crippen LogP contribution < -0.4 is 5.32 Å². The van der Waals surface area contributed by atoms with Crippen molar-refractivity contribution in [3.8, 4) is 10.6 Å². The molecule has 6 nitrogen and oxygen atoms in total. The Labute approximate surface area is 146 Å². The molecular weight excluding hydrogens is 348 g/mol. The SMILES string of the molecule is C[C@@H](NC(=O)c1ccco1)C(=O)OCc1csc(-c2ccsc2)n1. The Morgan fingerprint density at radius 1 is 1.38 bits per heavy atom. The number of furan rings is 1. The average Bonchev–Trinajstić information content (AvgIpc) is 3.34. The highest BCUT2D eigenvalue weighted by Gasteiger charge is 2.19. The number of hydrogen-bond acceptors (Lipinski definition) is 7. The van der Waals surface area contributed by atoms with E-state index in [0.717, 1.165) is 10.6 Å². The predicted octanol–water partition coefficient (Wildman–Crippen LogP) is 3.33. The molecule has 1 N–H and O–H groups in total. The zero-order chi connectivity index (χ0) is 16.9. The summed E-state index contributed by atoms with van der Waals surface area (Å²) in [5, 5.41) is 9.27. The molecule has 0 aliphatic carbocycles. The van der Waals surface area contributed by atoms with Crippen LogP contribution in [0, 0.1) is 0 Å². The lowest BCUT2D eigenvalue weighted by atomic mass is 10.3. The van der Waals surface area contributed by atoms with E-state index in [1.165, 1.54) is 23.7 Å². The molecule has 1 atom stereocenters. The third-order valence-corrected chi connectivity index (χ3v) is 4.75. The summed E-state index contributed by atoms with van der Waals surface area (Å²) in [5.74, 6) is -0.840. The Kier molecular flexibility index (Phi) is 5.07. The minimum absolute atomic E-state index is 0.0699. The standard InChI is InChI=1S/C16H14N2O4S2/c1-10(17-14(19)13-3-2-5-21-13)16(20)22-7-12-9-24-15(18-12)11-4-6-23-8-11/h2-6,8-10H,7H2,1H3,(H,17,19)/t10-/m1/s1. The molecule has 0 radical (unpaired) electrons. The number of esters is 1. The van der Waals surface area contributed by atoms with Gasteiger partial charge in [-0.1, -0.05) is 0 Å². The van der Waals surface area contributed by atoms with Crippen molar-refractivity contribution in [2.45, 2.75) is 19.6 Å². The Bertz CT molecular complexity index is 809. The molecule has 3 heterocycles. The summed E-state index contributed by atoms with van der Waals surface area (Å²) in [4.78, 5) is 28.2. The van der Waals surface area contributed by atoms with Crippen molar-refractivity contribution >= 4 is 34.6 Å². The van der Waals surface area contributed by atoms with Crippen molar-refractivity contribution in [2.24, 2.45) is 0 Å². The number of thiazole rings is 1. The van der Waals surface area contributed by atoms with Gasteiger partial charge in [0.15, 0.2) is 5.76 Å². The second kappa shape index (κ2) is 7.41. The molecule has 8 heteroatoms. The maximum absolute atomic E-state index is 12.0. The van der Waals surface area contributed by atoms with Gasteiger partial charge in [-0.25, -0.2) is 9.78 Å². The van der Waals surface area contributed by atoms with Gasteiger partial charge in [-0.05, 0) is 30.5 Å². The van der Waals surface area contributed by atoms with Crippen LogP contribution in [0.1, 0.15) is 23.2 Å². The van der Waals surface area contributed by atoms with Gasteiger partial charge in [0.2, 0.25) is 0 Å². The third kappa shape index (κ3) is 3.90. The van der Waals surface area contributed by atoms with E-state index in [0.29, 0.717) is 5.69 Å². The zero-order valence-corrected chi connectivity index (χ0v) is 14.4. The Balaban J connectivity index is 1.51. The molecule has 0 aromatic carbocycles. The number of nitrogens with one attached hydrogen (secondary N) is 1. The van der Waals surface area contributed by atoms with Gasteiger partial charge < -0.3 is 14.5 Å². The van der Waals surface area contributed by atoms with Crippen LogP contribution >= 0.6 is 22.7 Å². The zero-order valence-electron chi connectivity index (χ0n) is 12.7. The maximum atomic E-state index is 12.0. The Hall–Kier alpha value is -2.45. The summed E-state index contributed by atoms with van der Waals surface area (Å²) in [6.07, 6.45) is 1.39. The number of carbonyl (C=O) groups excluding carboxylic acids is 2. The van der Waals surface area contributed by atoms with Crippen molar-refractivity contribution in [2.75, 3.05) is 0 Å². The lowest BCUT2D eigenvalue weighted by Crippen LogP contribution is -2.39. The van der Waals surface area contributed by atoms with Gasteiger partial charge in [-0.2, -0.15) is 11.3 Å². The highest BCUT2D eigenvalue weighted by Crippen LogP contribution is 2.25. The van der Waals surface area contributed by atoms with Gasteiger partial charge in [-0.15, -0.1) is 11.3 Å². The van der Waals surface area contributed by atoms with Crippen LogP contribution in [0.5, 0.6) is 0 Å². The first-order valence-corrected chi connectivity index (χ1v) is 8.93. The van der Waals surface area contributed by atoms with Crippen molar-refractivity contribution in [3.05, 3.63) is 52.1 Å². The van der Waals surface area contributed by atoms with Gasteiger partial charge in [-0.3, -0.25) is 4.79 Å². The molecule has 0 aliphatic rings. The molecule has 0 saturated heterocycles.